The highest BCUT2D eigenvalue weighted by molar-refractivity contribution is 6.07. The molecule has 4 rings (SSSR count). The molecule has 1 aromatic rings. The topological polar surface area (TPSA) is 97.1 Å². The Morgan fingerprint density at radius 2 is 2.17 bits per heavy atom. The molecule has 3 aliphatic rings. The lowest BCUT2D eigenvalue weighted by Crippen LogP contribution is -2.36. The highest BCUT2D eigenvalue weighted by Crippen LogP contribution is 2.32. The van der Waals surface area contributed by atoms with Crippen LogP contribution in [-0.2, 0) is 4.74 Å². The summed E-state index contributed by atoms with van der Waals surface area (Å²) in [5.74, 6) is -0.933. The van der Waals surface area contributed by atoms with Gasteiger partial charge in [0, 0.05) is 31.4 Å². The van der Waals surface area contributed by atoms with E-state index in [0.717, 1.165) is 55.1 Å². The van der Waals surface area contributed by atoms with Gasteiger partial charge in [-0.3, -0.25) is 4.90 Å². The number of H-pyrrole nitrogens is 3. The zero-order valence-electron chi connectivity index (χ0n) is 12.6. The van der Waals surface area contributed by atoms with Gasteiger partial charge in [-0.15, -0.1) is 0 Å². The molecule has 1 aromatic heterocycles. The molecular weight excluding hydrogens is 296 g/mol. The minimum atomic E-state index is -0.933. The summed E-state index contributed by atoms with van der Waals surface area (Å²) >= 11 is 0. The Labute approximate surface area is 131 Å². The molecule has 3 heterocycles. The summed E-state index contributed by atoms with van der Waals surface area (Å²) in [6.45, 7) is 4.14. The first-order chi connectivity index (χ1) is 11.2. The van der Waals surface area contributed by atoms with Crippen LogP contribution in [0.25, 0.3) is 28.4 Å². The average Bonchev–Trinajstić information content (AvgIpc) is 2.95. The van der Waals surface area contributed by atoms with Gasteiger partial charge in [0.2, 0.25) is 0 Å². The van der Waals surface area contributed by atoms with Crippen molar-refractivity contribution in [1.29, 1.82) is 0 Å². The van der Waals surface area contributed by atoms with Crippen LogP contribution in [0, 0.1) is 0 Å². The first-order valence-corrected chi connectivity index (χ1v) is 7.64. The minimum absolute atomic E-state index is 0.280. The van der Waals surface area contributed by atoms with Crippen molar-refractivity contribution in [3.8, 4) is 11.3 Å². The Balaban J connectivity index is 1.79. The highest BCUT2D eigenvalue weighted by Gasteiger charge is 2.20. The number of pyridine rings is 1. The fourth-order valence-corrected chi connectivity index (χ4v) is 3.07. The molecule has 0 amide bonds. The Hall–Kier alpha value is -2.51. The van der Waals surface area contributed by atoms with Crippen LogP contribution >= 0.6 is 0 Å². The maximum Gasteiger partial charge on any atom is 0.337 e. The average molecular weight is 314 g/mol. The molecule has 0 unspecified atom stereocenters. The molecule has 0 saturated carbocycles. The van der Waals surface area contributed by atoms with E-state index in [9.17, 15) is 9.90 Å². The number of aromatic carboxylic acids is 1. The molecule has 0 bridgehead atoms. The Bertz CT molecular complexity index is 882. The van der Waals surface area contributed by atoms with Crippen LogP contribution in [0.15, 0.2) is 18.3 Å². The molecule has 1 fully saturated rings. The summed E-state index contributed by atoms with van der Waals surface area (Å²) in [7, 11) is 0. The summed E-state index contributed by atoms with van der Waals surface area (Å²) in [6, 6.07) is 3.58. The van der Waals surface area contributed by atoms with Crippen molar-refractivity contribution >= 4 is 23.1 Å². The Kier molecular flexibility index (Phi) is 3.44. The van der Waals surface area contributed by atoms with Crippen molar-refractivity contribution in [2.45, 2.75) is 0 Å². The number of nitrogens with one attached hydrogen (secondary N) is 3. The van der Waals surface area contributed by atoms with E-state index in [2.05, 4.69) is 25.9 Å². The third-order valence-electron chi connectivity index (χ3n) is 4.25. The number of aromatic nitrogens is 3. The molecule has 1 aliphatic carbocycles. The Morgan fingerprint density at radius 3 is 2.96 bits per heavy atom. The number of rotatable bonds is 3. The molecule has 23 heavy (non-hydrogen) atoms. The van der Waals surface area contributed by atoms with E-state index in [4.69, 9.17) is 4.74 Å². The summed E-state index contributed by atoms with van der Waals surface area (Å²) in [5.41, 5.74) is 4.34. The molecule has 0 atom stereocenters. The lowest BCUT2D eigenvalue weighted by atomic mass is 10.2. The summed E-state index contributed by atoms with van der Waals surface area (Å²) in [5, 5.41) is 9.42. The molecule has 4 N–H and O–H groups in total. The number of ether oxygens (including phenoxy) is 1. The molecule has 0 radical (unpaired) electrons. The van der Waals surface area contributed by atoms with E-state index in [-0.39, 0.29) is 5.56 Å². The fraction of sp³-hybridized carbons (Fsp3) is 0.312. The van der Waals surface area contributed by atoms with Crippen LogP contribution in [0.4, 0.5) is 0 Å². The normalized spacial score (nSPS) is 17.3. The summed E-state index contributed by atoms with van der Waals surface area (Å²) in [4.78, 5) is 23.4. The van der Waals surface area contributed by atoms with Crippen LogP contribution in [-0.4, -0.2) is 63.8 Å². The van der Waals surface area contributed by atoms with Gasteiger partial charge < -0.3 is 24.8 Å². The second kappa shape index (κ2) is 5.60. The van der Waals surface area contributed by atoms with Gasteiger partial charge in [0.1, 0.15) is 5.48 Å². The predicted octanol–water partition coefficient (Wildman–Crippen LogP) is 1.02. The van der Waals surface area contributed by atoms with Gasteiger partial charge in [0.05, 0.1) is 35.5 Å². The number of aromatic amines is 3. The minimum Gasteiger partial charge on any atom is -0.478 e. The van der Waals surface area contributed by atoms with Crippen LogP contribution in [0.2, 0.25) is 0 Å². The largest absolute Gasteiger partial charge is 0.478 e. The van der Waals surface area contributed by atoms with Crippen LogP contribution in [0.5, 0.6) is 0 Å². The predicted molar refractivity (Wildman–Crippen MR) is 86.3 cm³/mol. The van der Waals surface area contributed by atoms with Gasteiger partial charge in [-0.05, 0) is 18.2 Å². The quantitative estimate of drug-likeness (QED) is 0.580. The van der Waals surface area contributed by atoms with E-state index >= 15 is 0 Å². The molecule has 0 aromatic carbocycles. The third-order valence-corrected chi connectivity index (χ3v) is 4.25. The second-order valence-corrected chi connectivity index (χ2v) is 5.70. The second-order valence-electron chi connectivity index (χ2n) is 5.70. The van der Waals surface area contributed by atoms with Crippen LogP contribution < -0.4 is 5.48 Å². The zero-order chi connectivity index (χ0) is 15.8. The molecule has 1 saturated heterocycles. The number of carboxylic acid groups (broad SMARTS) is 1. The third kappa shape index (κ3) is 2.54. The SMILES string of the molecule is O=C(O)c1cc2[nH]ccc3[nH]c(=CCN4CCOCC4)[nH]c1c3-2. The molecule has 2 aliphatic heterocycles. The van der Waals surface area contributed by atoms with Crippen molar-refractivity contribution in [3.05, 3.63) is 29.4 Å². The molecule has 0 spiro atoms. The van der Waals surface area contributed by atoms with Crippen molar-refractivity contribution in [3.63, 3.8) is 0 Å². The number of morpholine rings is 1. The van der Waals surface area contributed by atoms with E-state index in [1.54, 1.807) is 6.07 Å². The highest BCUT2D eigenvalue weighted by atomic mass is 16.5. The summed E-state index contributed by atoms with van der Waals surface area (Å²) < 4.78 is 5.35. The summed E-state index contributed by atoms with van der Waals surface area (Å²) in [6.07, 6.45) is 3.86. The van der Waals surface area contributed by atoms with Crippen molar-refractivity contribution in [2.24, 2.45) is 0 Å². The number of hydrogen-bond donors (Lipinski definition) is 4. The van der Waals surface area contributed by atoms with Gasteiger partial charge >= 0.3 is 5.97 Å². The lowest BCUT2D eigenvalue weighted by molar-refractivity contribution is 0.0448. The monoisotopic (exact) mass is 314 g/mol. The molecule has 7 nitrogen and oxygen atoms in total. The number of hydrogen-bond acceptors (Lipinski definition) is 3. The zero-order valence-corrected chi connectivity index (χ0v) is 12.6. The molecule has 7 heteroatoms. The van der Waals surface area contributed by atoms with E-state index in [0.29, 0.717) is 5.52 Å². The van der Waals surface area contributed by atoms with Crippen molar-refractivity contribution in [2.75, 3.05) is 32.8 Å². The van der Waals surface area contributed by atoms with Crippen LogP contribution in [0.3, 0.4) is 0 Å². The van der Waals surface area contributed by atoms with E-state index in [1.807, 2.05) is 12.3 Å². The molecule has 120 valence electrons. The fourth-order valence-electron chi connectivity index (χ4n) is 3.07. The van der Waals surface area contributed by atoms with E-state index < -0.39 is 5.97 Å². The smallest absolute Gasteiger partial charge is 0.337 e. The molecular formula is C16H18N4O3. The standard InChI is InChI=1S/C16H18N4O3/c21-16(22)10-9-12-14-11(1-3-17-12)18-13(19-15(10)14)2-4-20-5-7-23-8-6-20/h1-3,9,17-19H,4-8H2,(H,21,22). The number of carboxylic acids is 1. The van der Waals surface area contributed by atoms with E-state index in [1.165, 1.54) is 0 Å². The van der Waals surface area contributed by atoms with Gasteiger partial charge in [-0.1, -0.05) is 0 Å². The van der Waals surface area contributed by atoms with Crippen molar-refractivity contribution in [1.82, 2.24) is 19.9 Å². The number of nitrogens with zero attached hydrogens (tertiary/aromatic N) is 1. The van der Waals surface area contributed by atoms with Crippen molar-refractivity contribution < 1.29 is 14.6 Å². The maximum absolute atomic E-state index is 11.5. The lowest BCUT2D eigenvalue weighted by Gasteiger charge is -2.25. The first-order valence-electron chi connectivity index (χ1n) is 7.64. The Morgan fingerprint density at radius 1 is 1.35 bits per heavy atom. The van der Waals surface area contributed by atoms with Gasteiger partial charge in [0.25, 0.3) is 0 Å². The van der Waals surface area contributed by atoms with Gasteiger partial charge in [-0.2, -0.15) is 0 Å². The number of carbonyl (C=O) groups is 1. The van der Waals surface area contributed by atoms with Crippen LogP contribution in [0.1, 0.15) is 10.4 Å². The van der Waals surface area contributed by atoms with Gasteiger partial charge in [-0.25, -0.2) is 4.79 Å². The maximum atomic E-state index is 11.5. The first kappa shape index (κ1) is 14.1. The van der Waals surface area contributed by atoms with Gasteiger partial charge in [0.15, 0.2) is 0 Å².